The number of fused-ring (bicyclic) bond motifs is 1. The molecule has 0 aliphatic carbocycles. The third-order valence-electron chi connectivity index (χ3n) is 6.84. The van der Waals surface area contributed by atoms with Gasteiger partial charge in [-0.15, -0.1) is 0 Å². The molecule has 1 amide bonds. The van der Waals surface area contributed by atoms with Crippen molar-refractivity contribution in [2.75, 3.05) is 26.7 Å². The van der Waals surface area contributed by atoms with Crippen LogP contribution in [-0.4, -0.2) is 53.9 Å². The molecule has 0 radical (unpaired) electrons. The molecule has 3 heterocycles. The molecule has 6 heteroatoms. The van der Waals surface area contributed by atoms with Crippen LogP contribution in [0.1, 0.15) is 37.4 Å². The van der Waals surface area contributed by atoms with Crippen LogP contribution in [-0.2, 0) is 18.2 Å². The van der Waals surface area contributed by atoms with Gasteiger partial charge in [-0.2, -0.15) is 0 Å². The van der Waals surface area contributed by atoms with Crippen molar-refractivity contribution in [3.63, 3.8) is 0 Å². The van der Waals surface area contributed by atoms with Crippen molar-refractivity contribution in [1.82, 2.24) is 14.8 Å². The SMILES string of the molecule is CCC1NC(=O)OC12CCN(CCc1c(C)n(C)c3cc(OC)ccc13)CC2. The Morgan fingerprint density at radius 2 is 2.07 bits per heavy atom. The van der Waals surface area contributed by atoms with E-state index >= 15 is 0 Å². The van der Waals surface area contributed by atoms with Gasteiger partial charge in [-0.3, -0.25) is 0 Å². The number of amides is 1. The standard InChI is InChI=1S/C22H31N3O3/c1-5-20-22(28-21(26)23-20)9-12-25(13-10-22)11-8-17-15(2)24(3)19-14-16(27-4)6-7-18(17)19/h6-7,14,20H,5,8-13H2,1-4H3,(H,23,26). The zero-order valence-electron chi connectivity index (χ0n) is 17.4. The number of piperidine rings is 1. The van der Waals surface area contributed by atoms with Gasteiger partial charge in [0.2, 0.25) is 0 Å². The van der Waals surface area contributed by atoms with E-state index in [0.717, 1.165) is 51.1 Å². The minimum Gasteiger partial charge on any atom is -0.497 e. The third-order valence-corrected chi connectivity index (χ3v) is 6.84. The summed E-state index contributed by atoms with van der Waals surface area (Å²) in [5.74, 6) is 0.895. The lowest BCUT2D eigenvalue weighted by Gasteiger charge is -2.40. The summed E-state index contributed by atoms with van der Waals surface area (Å²) in [5, 5.41) is 4.30. The predicted octanol–water partition coefficient (Wildman–Crippen LogP) is 3.39. The molecule has 6 nitrogen and oxygen atoms in total. The average molecular weight is 386 g/mol. The van der Waals surface area contributed by atoms with E-state index in [0.29, 0.717) is 0 Å². The largest absolute Gasteiger partial charge is 0.497 e. The van der Waals surface area contributed by atoms with E-state index in [2.05, 4.69) is 47.8 Å². The van der Waals surface area contributed by atoms with Crippen molar-refractivity contribution in [1.29, 1.82) is 0 Å². The Hall–Kier alpha value is -2.21. The molecule has 0 bridgehead atoms. The molecule has 1 aromatic heterocycles. The van der Waals surface area contributed by atoms with E-state index in [4.69, 9.17) is 9.47 Å². The summed E-state index contributed by atoms with van der Waals surface area (Å²) < 4.78 is 13.4. The van der Waals surface area contributed by atoms with E-state index in [-0.39, 0.29) is 17.7 Å². The second kappa shape index (κ2) is 7.32. The van der Waals surface area contributed by atoms with Gasteiger partial charge in [0.1, 0.15) is 11.4 Å². The summed E-state index contributed by atoms with van der Waals surface area (Å²) in [4.78, 5) is 14.2. The molecule has 152 valence electrons. The first kappa shape index (κ1) is 19.1. The number of rotatable bonds is 5. The van der Waals surface area contributed by atoms with Gasteiger partial charge in [-0.05, 0) is 37.5 Å². The molecular formula is C22H31N3O3. The highest BCUT2D eigenvalue weighted by atomic mass is 16.6. The van der Waals surface area contributed by atoms with E-state index in [9.17, 15) is 4.79 Å². The highest BCUT2D eigenvalue weighted by Crippen LogP contribution is 2.35. The second-order valence-corrected chi connectivity index (χ2v) is 8.16. The lowest BCUT2D eigenvalue weighted by atomic mass is 9.83. The Labute approximate surface area is 166 Å². The van der Waals surface area contributed by atoms with Crippen molar-refractivity contribution >= 4 is 17.0 Å². The quantitative estimate of drug-likeness (QED) is 0.857. The molecule has 4 rings (SSSR count). The fourth-order valence-electron chi connectivity index (χ4n) is 4.97. The molecule has 2 aliphatic heterocycles. The van der Waals surface area contributed by atoms with E-state index in [1.165, 1.54) is 22.2 Å². The van der Waals surface area contributed by atoms with Gasteiger partial charge in [-0.1, -0.05) is 6.92 Å². The molecular weight excluding hydrogens is 354 g/mol. The maximum Gasteiger partial charge on any atom is 0.408 e. The maximum absolute atomic E-state index is 11.7. The first-order valence-corrected chi connectivity index (χ1v) is 10.3. The van der Waals surface area contributed by atoms with Crippen LogP contribution in [0.5, 0.6) is 5.75 Å². The first-order chi connectivity index (χ1) is 13.5. The number of nitrogens with one attached hydrogen (secondary N) is 1. The van der Waals surface area contributed by atoms with Gasteiger partial charge >= 0.3 is 6.09 Å². The van der Waals surface area contributed by atoms with Crippen LogP contribution in [0.3, 0.4) is 0 Å². The van der Waals surface area contributed by atoms with Crippen molar-refractivity contribution in [2.24, 2.45) is 7.05 Å². The number of aromatic nitrogens is 1. The minimum atomic E-state index is -0.297. The Kier molecular flexibility index (Phi) is 5.00. The van der Waals surface area contributed by atoms with Crippen LogP contribution in [0.25, 0.3) is 10.9 Å². The summed E-state index contributed by atoms with van der Waals surface area (Å²) >= 11 is 0. The highest BCUT2D eigenvalue weighted by Gasteiger charge is 2.49. The summed E-state index contributed by atoms with van der Waals surface area (Å²) in [6, 6.07) is 6.49. The van der Waals surface area contributed by atoms with Crippen LogP contribution in [0.15, 0.2) is 18.2 Å². The Morgan fingerprint density at radius 1 is 1.32 bits per heavy atom. The number of carbonyl (C=O) groups is 1. The normalized spacial score (nSPS) is 21.9. The fraction of sp³-hybridized carbons (Fsp3) is 0.591. The number of ether oxygens (including phenoxy) is 2. The number of likely N-dealkylation sites (tertiary alicyclic amines) is 1. The zero-order valence-corrected chi connectivity index (χ0v) is 17.4. The summed E-state index contributed by atoms with van der Waals surface area (Å²) in [6.07, 6.45) is 3.52. The average Bonchev–Trinajstić information content (AvgIpc) is 3.15. The molecule has 1 unspecified atom stereocenters. The van der Waals surface area contributed by atoms with Gasteiger partial charge in [0.25, 0.3) is 0 Å². The number of carbonyl (C=O) groups excluding carboxylic acids is 1. The first-order valence-electron chi connectivity index (χ1n) is 10.3. The van der Waals surface area contributed by atoms with Crippen molar-refractivity contribution < 1.29 is 14.3 Å². The lowest BCUT2D eigenvalue weighted by Crippen LogP contribution is -2.51. The zero-order chi connectivity index (χ0) is 19.9. The van der Waals surface area contributed by atoms with Gasteiger partial charge in [0, 0.05) is 56.7 Å². The monoisotopic (exact) mass is 385 g/mol. The van der Waals surface area contributed by atoms with Gasteiger partial charge < -0.3 is 24.3 Å². The summed E-state index contributed by atoms with van der Waals surface area (Å²) in [7, 11) is 3.83. The molecule has 1 N–H and O–H groups in total. The number of hydrogen-bond acceptors (Lipinski definition) is 4. The third kappa shape index (κ3) is 3.13. The van der Waals surface area contributed by atoms with Gasteiger partial charge in [0.15, 0.2) is 0 Å². The minimum absolute atomic E-state index is 0.150. The maximum atomic E-state index is 11.7. The molecule has 1 spiro atoms. The van der Waals surface area contributed by atoms with E-state index in [1.807, 2.05) is 6.07 Å². The molecule has 0 saturated carbocycles. The van der Waals surface area contributed by atoms with Crippen molar-refractivity contribution in [2.45, 2.75) is 51.2 Å². The molecule has 28 heavy (non-hydrogen) atoms. The molecule has 2 aromatic rings. The Bertz CT molecular complexity index is 881. The van der Waals surface area contributed by atoms with Crippen molar-refractivity contribution in [3.8, 4) is 5.75 Å². The topological polar surface area (TPSA) is 55.7 Å². The van der Waals surface area contributed by atoms with Crippen LogP contribution in [0.2, 0.25) is 0 Å². The number of alkyl carbamates (subject to hydrolysis) is 1. The number of benzene rings is 1. The molecule has 1 aromatic carbocycles. The number of aryl methyl sites for hydroxylation is 1. The van der Waals surface area contributed by atoms with Crippen LogP contribution < -0.4 is 10.1 Å². The summed E-state index contributed by atoms with van der Waals surface area (Å²) in [5.41, 5.74) is 3.66. The molecule has 1 atom stereocenters. The highest BCUT2D eigenvalue weighted by molar-refractivity contribution is 5.86. The number of hydrogen-bond donors (Lipinski definition) is 1. The van der Waals surface area contributed by atoms with E-state index in [1.54, 1.807) is 7.11 Å². The lowest BCUT2D eigenvalue weighted by molar-refractivity contribution is -0.0188. The van der Waals surface area contributed by atoms with Crippen LogP contribution in [0, 0.1) is 6.92 Å². The Morgan fingerprint density at radius 3 is 2.75 bits per heavy atom. The predicted molar refractivity (Wildman–Crippen MR) is 110 cm³/mol. The second-order valence-electron chi connectivity index (χ2n) is 8.16. The van der Waals surface area contributed by atoms with Crippen LogP contribution >= 0.6 is 0 Å². The Balaban J connectivity index is 1.44. The van der Waals surface area contributed by atoms with Crippen molar-refractivity contribution in [3.05, 3.63) is 29.5 Å². The molecule has 2 aliphatic rings. The fourth-order valence-corrected chi connectivity index (χ4v) is 4.97. The molecule has 2 saturated heterocycles. The molecule has 2 fully saturated rings. The van der Waals surface area contributed by atoms with Gasteiger partial charge in [-0.25, -0.2) is 4.79 Å². The van der Waals surface area contributed by atoms with Crippen LogP contribution in [0.4, 0.5) is 4.79 Å². The number of methoxy groups -OCH3 is 1. The number of nitrogens with zero attached hydrogens (tertiary/aromatic N) is 2. The summed E-state index contributed by atoms with van der Waals surface area (Å²) in [6.45, 7) is 7.29. The smallest absolute Gasteiger partial charge is 0.408 e. The van der Waals surface area contributed by atoms with E-state index < -0.39 is 0 Å². The van der Waals surface area contributed by atoms with Gasteiger partial charge in [0.05, 0.1) is 18.7 Å².